The smallest absolute Gasteiger partial charge is 0.246 e. The summed E-state index contributed by atoms with van der Waals surface area (Å²) in [5.74, 6) is -10.1. The number of nitrogens with one attached hydrogen (secondary N) is 12. The lowest BCUT2D eigenvalue weighted by Gasteiger charge is -2.34. The second-order valence-electron chi connectivity index (χ2n) is 28.2. The van der Waals surface area contributed by atoms with Gasteiger partial charge in [-0.1, -0.05) is 114 Å². The number of carbonyl (C=O) groups is 12. The Bertz CT molecular complexity index is 3560. The first kappa shape index (κ1) is 85.5. The highest BCUT2D eigenvalue weighted by Gasteiger charge is 2.42. The molecule has 4 rings (SSSR count). The number of aliphatic hydroxyl groups excluding tert-OH is 1. The minimum absolute atomic E-state index is 0.0236. The molecule has 0 fully saturated rings. The number of phenolic OH excluding ortho intramolecular Hbond substituents is 1. The fraction of sp³-hybridized carbons (Fsp3) is 0.520. The van der Waals surface area contributed by atoms with Crippen LogP contribution in [-0.4, -0.2) is 164 Å². The summed E-state index contributed by atoms with van der Waals surface area (Å²) < 4.78 is 0. The molecule has 0 aliphatic rings. The summed E-state index contributed by atoms with van der Waals surface area (Å²) in [6, 6.07) is 10.2. The Morgan fingerprint density at radius 1 is 0.495 bits per heavy atom. The molecule has 18 N–H and O–H groups in total. The predicted molar refractivity (Wildman–Crippen MR) is 392 cm³/mol. The largest absolute Gasteiger partial charge is 0.508 e. The number of rotatable bonds is 44. The maximum atomic E-state index is 14.8. The van der Waals surface area contributed by atoms with E-state index in [0.29, 0.717) is 36.8 Å². The Morgan fingerprint density at radius 2 is 0.922 bits per heavy atom. The summed E-state index contributed by atoms with van der Waals surface area (Å²) in [5, 5.41) is 50.4. The van der Waals surface area contributed by atoms with Crippen LogP contribution in [0.15, 0.2) is 110 Å². The molecule has 1 aromatic heterocycles. The average Bonchev–Trinajstić information content (AvgIpc) is 1.81. The number of aliphatic hydroxyl groups is 1. The molecule has 103 heavy (non-hydrogen) atoms. The van der Waals surface area contributed by atoms with Crippen molar-refractivity contribution in [2.24, 2.45) is 29.2 Å². The Morgan fingerprint density at radius 3 is 1.44 bits per heavy atom. The highest BCUT2D eigenvalue weighted by molar-refractivity contribution is 6.00. The van der Waals surface area contributed by atoms with E-state index in [2.05, 4.69) is 76.6 Å². The number of hydrogen-bond acceptors (Lipinski definition) is 15. The zero-order valence-electron chi connectivity index (χ0n) is 61.3. The van der Waals surface area contributed by atoms with Crippen molar-refractivity contribution in [2.45, 2.75) is 225 Å². The van der Waals surface area contributed by atoms with Gasteiger partial charge in [0.25, 0.3) is 0 Å². The number of aromatic amines is 1. The summed E-state index contributed by atoms with van der Waals surface area (Å²) in [7, 11) is 0. The molecule has 0 radical (unpaired) electrons. The molecule has 0 saturated carbocycles. The highest BCUT2D eigenvalue weighted by Crippen LogP contribution is 2.23. The van der Waals surface area contributed by atoms with Gasteiger partial charge in [0.05, 0.1) is 12.6 Å². The summed E-state index contributed by atoms with van der Waals surface area (Å²) in [6.07, 6.45) is 5.56. The monoisotopic (exact) mass is 1430 g/mol. The van der Waals surface area contributed by atoms with Crippen molar-refractivity contribution < 1.29 is 67.7 Å². The lowest BCUT2D eigenvalue weighted by Crippen LogP contribution is -2.64. The molecule has 28 heteroatoms. The second-order valence-corrected chi connectivity index (χ2v) is 28.2. The number of nitrogens with two attached hydrogens (primary N) is 2. The number of hydrogen-bond donors (Lipinski definition) is 16. The minimum atomic E-state index is -1.74. The molecule has 1 heterocycles. The van der Waals surface area contributed by atoms with E-state index in [1.807, 2.05) is 65.8 Å². The van der Waals surface area contributed by atoms with Crippen LogP contribution in [0, 0.1) is 17.8 Å². The zero-order valence-corrected chi connectivity index (χ0v) is 61.3. The van der Waals surface area contributed by atoms with E-state index in [9.17, 15) is 67.7 Å². The number of para-hydroxylation sites is 1. The van der Waals surface area contributed by atoms with Crippen LogP contribution in [0.2, 0.25) is 0 Å². The molecule has 28 nitrogen and oxygen atoms in total. The van der Waals surface area contributed by atoms with Gasteiger partial charge < -0.3 is 85.1 Å². The molecule has 12 amide bonds. The maximum absolute atomic E-state index is 14.8. The van der Waals surface area contributed by atoms with Gasteiger partial charge in [0.2, 0.25) is 70.9 Å². The van der Waals surface area contributed by atoms with Gasteiger partial charge in [0.15, 0.2) is 0 Å². The molecule has 0 bridgehead atoms. The quantitative estimate of drug-likeness (QED) is 0.0224. The number of benzene rings is 3. The predicted octanol–water partition coefficient (Wildman–Crippen LogP) is 2.73. The van der Waals surface area contributed by atoms with Crippen LogP contribution in [0.5, 0.6) is 5.75 Å². The summed E-state index contributed by atoms with van der Waals surface area (Å²) in [4.78, 5) is 171. The van der Waals surface area contributed by atoms with Crippen LogP contribution in [0.1, 0.15) is 151 Å². The first-order valence-corrected chi connectivity index (χ1v) is 35.2. The van der Waals surface area contributed by atoms with Gasteiger partial charge in [0, 0.05) is 36.4 Å². The molecule has 3 aromatic carbocycles. The number of unbranched alkanes of at least 4 members (excludes halogenated alkanes) is 2. The second kappa shape index (κ2) is 41.2. The summed E-state index contributed by atoms with van der Waals surface area (Å²) in [5.41, 5.74) is 10.9. The van der Waals surface area contributed by atoms with Gasteiger partial charge in [-0.25, -0.2) is 0 Å². The van der Waals surface area contributed by atoms with Crippen molar-refractivity contribution in [3.8, 4) is 5.75 Å². The molecular weight excluding hydrogens is 1320 g/mol. The fourth-order valence-electron chi connectivity index (χ4n) is 11.4. The van der Waals surface area contributed by atoms with Crippen LogP contribution in [0.4, 0.5) is 0 Å². The van der Waals surface area contributed by atoms with Crippen molar-refractivity contribution in [2.75, 3.05) is 6.54 Å². The average molecular weight is 1430 g/mol. The Hall–Kier alpha value is -9.96. The van der Waals surface area contributed by atoms with Crippen LogP contribution in [0.3, 0.4) is 0 Å². The van der Waals surface area contributed by atoms with Gasteiger partial charge in [-0.15, -0.1) is 13.2 Å². The van der Waals surface area contributed by atoms with E-state index in [4.69, 9.17) is 11.5 Å². The number of carbonyl (C=O) groups excluding carboxylic acids is 12. The third kappa shape index (κ3) is 28.1. The zero-order chi connectivity index (χ0) is 76.9. The van der Waals surface area contributed by atoms with Crippen molar-refractivity contribution in [3.63, 3.8) is 0 Å². The Labute approximate surface area is 603 Å². The first-order chi connectivity index (χ1) is 48.5. The Balaban J connectivity index is 1.53. The van der Waals surface area contributed by atoms with Crippen molar-refractivity contribution in [1.82, 2.24) is 63.5 Å². The molecule has 12 atom stereocenters. The summed E-state index contributed by atoms with van der Waals surface area (Å²) in [6.45, 7) is 24.8. The standard InChI is InChI=1S/C75H110N14O14/c1-14-16-23-33-74(12,72(102)86-55(63(77)93)40-51-41-78-54-28-22-21-27-53(51)54)88-61(92)42-79-64(94)46(9)80-66(96)57(36-44(5)6)87-73(103)75(13,34-24-17-15-2)89-70(100)58(37-45(7)8)84-67(97)56(35-43(3)4)83-69(99)60(38-49-25-19-18-20-26-49)85-68(98)59(39-50-29-31-52(91)32-30-50)82-65(95)47(10)81-71(101)62(76)48(11)90/h14-15,18-22,25-32,41,43-48,55-60,62,78,90-91H,1-2,16-17,23-24,33-40,42,76H2,3-13H3,(H2,77,93)(H,79,94)(H,80,96)(H,81,101)(H,82,95)(H,83,99)(H,84,97)(H,85,98)(H,86,102)(H,87,103)(H,88,92)(H,89,100)/t46-,47-,48+,55-,56-,57-,58-,59-,60-,62-,74-,75-/m0/s1. The lowest BCUT2D eigenvalue weighted by atomic mass is 9.91. The van der Waals surface area contributed by atoms with Gasteiger partial charge >= 0.3 is 0 Å². The van der Waals surface area contributed by atoms with Gasteiger partial charge in [-0.05, 0) is 145 Å². The SMILES string of the molecule is C=CCCC[C@](C)(NC(=O)CNC(=O)[C@H](C)NC(=O)[C@H](CC(C)C)NC(=O)[C@](C)(CCCC=C)NC(=O)[C@H](CC(C)C)NC(=O)[C@H](CC(C)C)NC(=O)[C@H](Cc1ccccc1)NC(=O)[C@H](Cc1ccc(O)cc1)NC(=O)[C@H](C)NC(=O)[C@@H](N)[C@@H](C)O)C(=O)N[C@@H](Cc1c[nH]c2ccccc12)C(N)=O. The van der Waals surface area contributed by atoms with Crippen LogP contribution in [-0.2, 0) is 76.8 Å². The van der Waals surface area contributed by atoms with Gasteiger partial charge in [0.1, 0.15) is 71.2 Å². The number of aromatic nitrogens is 1. The third-order valence-corrected chi connectivity index (χ3v) is 17.4. The Kier molecular flexibility index (Phi) is 34.2. The fourth-order valence-corrected chi connectivity index (χ4v) is 11.4. The lowest BCUT2D eigenvalue weighted by molar-refractivity contribution is -0.138. The topological polar surface area (TPSA) is 445 Å². The van der Waals surface area contributed by atoms with E-state index in [0.717, 1.165) is 16.5 Å². The van der Waals surface area contributed by atoms with Crippen LogP contribution >= 0.6 is 0 Å². The number of allylic oxidation sites excluding steroid dienone is 2. The van der Waals surface area contributed by atoms with E-state index < -0.39 is 149 Å². The van der Waals surface area contributed by atoms with Crippen molar-refractivity contribution >= 4 is 81.8 Å². The third-order valence-electron chi connectivity index (χ3n) is 17.4. The molecular formula is C75H110N14O14. The number of aromatic hydroxyl groups is 1. The van der Waals surface area contributed by atoms with Gasteiger partial charge in [-0.3, -0.25) is 57.5 Å². The van der Waals surface area contributed by atoms with E-state index in [1.54, 1.807) is 48.7 Å². The number of amides is 12. The van der Waals surface area contributed by atoms with E-state index in [1.165, 1.54) is 58.9 Å². The number of primary amides is 1. The van der Waals surface area contributed by atoms with Gasteiger partial charge in [-0.2, -0.15) is 0 Å². The minimum Gasteiger partial charge on any atom is -0.508 e. The first-order valence-electron chi connectivity index (χ1n) is 35.2. The molecule has 0 aliphatic heterocycles. The molecule has 0 saturated heterocycles. The molecule has 0 unspecified atom stereocenters. The number of H-pyrrole nitrogens is 1. The van der Waals surface area contributed by atoms with Crippen LogP contribution < -0.4 is 70.0 Å². The van der Waals surface area contributed by atoms with E-state index in [-0.39, 0.29) is 74.9 Å². The van der Waals surface area contributed by atoms with Crippen LogP contribution in [0.25, 0.3) is 10.9 Å². The van der Waals surface area contributed by atoms with Crippen molar-refractivity contribution in [1.29, 1.82) is 0 Å². The normalized spacial score (nSPS) is 15.4. The number of phenols is 1. The maximum Gasteiger partial charge on any atom is 0.246 e. The highest BCUT2D eigenvalue weighted by atomic mass is 16.3. The molecule has 0 aliphatic carbocycles. The molecule has 564 valence electrons. The van der Waals surface area contributed by atoms with Crippen molar-refractivity contribution in [3.05, 3.63) is 127 Å². The van der Waals surface area contributed by atoms with E-state index >= 15 is 0 Å². The molecule has 0 spiro atoms. The summed E-state index contributed by atoms with van der Waals surface area (Å²) >= 11 is 0. The molecule has 4 aromatic rings. The number of fused-ring (bicyclic) bond motifs is 1.